The number of hydrogen-bond donors (Lipinski definition) is 2. The molecule has 0 aliphatic rings. The molecule has 20 heavy (non-hydrogen) atoms. The Kier molecular flexibility index (Phi) is 5.08. The van der Waals surface area contributed by atoms with Gasteiger partial charge < -0.3 is 5.11 Å². The average molecular weight is 340 g/mol. The van der Waals surface area contributed by atoms with Gasteiger partial charge in [0, 0.05) is 0 Å². The molecule has 112 valence electrons. The van der Waals surface area contributed by atoms with Gasteiger partial charge >= 0.3 is 5.97 Å². The van der Waals surface area contributed by atoms with Crippen LogP contribution in [0.2, 0.25) is 10.0 Å². The van der Waals surface area contributed by atoms with Gasteiger partial charge in [0.1, 0.15) is 10.9 Å². The van der Waals surface area contributed by atoms with Crippen LogP contribution >= 0.6 is 23.2 Å². The quantitative estimate of drug-likeness (QED) is 0.883. The fourth-order valence-corrected chi connectivity index (χ4v) is 3.66. The maximum Gasteiger partial charge on any atom is 0.322 e. The highest BCUT2D eigenvalue weighted by Gasteiger charge is 2.36. The summed E-state index contributed by atoms with van der Waals surface area (Å²) in [6.07, 6.45) is 0. The van der Waals surface area contributed by atoms with Crippen LogP contribution in [0.15, 0.2) is 23.1 Å². The Labute approximate surface area is 127 Å². The Balaban J connectivity index is 3.24. The zero-order chi connectivity index (χ0) is 15.7. The molecule has 1 aromatic carbocycles. The molecule has 0 fully saturated rings. The van der Waals surface area contributed by atoms with Crippen molar-refractivity contribution in [3.05, 3.63) is 28.2 Å². The summed E-state index contributed by atoms with van der Waals surface area (Å²) in [4.78, 5) is 11.0. The molecule has 0 bridgehead atoms. The third-order valence-corrected chi connectivity index (χ3v) is 4.99. The summed E-state index contributed by atoms with van der Waals surface area (Å²) in [6.45, 7) is 4.86. The zero-order valence-electron chi connectivity index (χ0n) is 11.1. The lowest BCUT2D eigenvalue weighted by Gasteiger charge is -2.27. The Hall–Kier alpha value is -0.820. The molecular formula is C12H15Cl2NO4S. The van der Waals surface area contributed by atoms with Gasteiger partial charge in [-0.2, -0.15) is 4.72 Å². The Morgan fingerprint density at radius 1 is 1.30 bits per heavy atom. The maximum absolute atomic E-state index is 12.2. The number of halogens is 2. The van der Waals surface area contributed by atoms with Gasteiger partial charge in [-0.05, 0) is 17.5 Å². The molecule has 8 heteroatoms. The van der Waals surface area contributed by atoms with E-state index in [4.69, 9.17) is 28.3 Å². The molecule has 2 N–H and O–H groups in total. The number of aliphatic carboxylic acids is 1. The van der Waals surface area contributed by atoms with Crippen LogP contribution in [0.3, 0.4) is 0 Å². The normalized spacial score (nSPS) is 14.1. The van der Waals surface area contributed by atoms with Crippen LogP contribution in [0.4, 0.5) is 0 Å². The number of hydrogen-bond acceptors (Lipinski definition) is 3. The second kappa shape index (κ2) is 5.89. The molecule has 0 aliphatic carbocycles. The summed E-state index contributed by atoms with van der Waals surface area (Å²) in [5.74, 6) is -1.26. The summed E-state index contributed by atoms with van der Waals surface area (Å²) in [5, 5.41) is 9.10. The predicted octanol–water partition coefficient (Wildman–Crippen LogP) is 2.77. The van der Waals surface area contributed by atoms with Crippen molar-refractivity contribution in [1.29, 1.82) is 0 Å². The van der Waals surface area contributed by atoms with E-state index in [0.29, 0.717) is 0 Å². The third kappa shape index (κ3) is 3.85. The van der Waals surface area contributed by atoms with Crippen LogP contribution in [0.5, 0.6) is 0 Å². The van der Waals surface area contributed by atoms with E-state index in [9.17, 15) is 13.2 Å². The van der Waals surface area contributed by atoms with E-state index in [1.165, 1.54) is 18.2 Å². The van der Waals surface area contributed by atoms with Gasteiger partial charge in [-0.3, -0.25) is 4.79 Å². The molecule has 0 saturated heterocycles. The van der Waals surface area contributed by atoms with E-state index in [2.05, 4.69) is 4.72 Å². The Morgan fingerprint density at radius 2 is 1.85 bits per heavy atom. The predicted molar refractivity (Wildman–Crippen MR) is 77.7 cm³/mol. The van der Waals surface area contributed by atoms with Gasteiger partial charge in [-0.25, -0.2) is 8.42 Å². The minimum atomic E-state index is -4.09. The van der Waals surface area contributed by atoms with Crippen molar-refractivity contribution in [3.8, 4) is 0 Å². The lowest BCUT2D eigenvalue weighted by molar-refractivity contribution is -0.141. The smallest absolute Gasteiger partial charge is 0.322 e. The molecule has 0 saturated carbocycles. The molecule has 0 spiro atoms. The van der Waals surface area contributed by atoms with Gasteiger partial charge in [0.25, 0.3) is 0 Å². The summed E-state index contributed by atoms with van der Waals surface area (Å²) in [5.41, 5.74) is -0.802. The average Bonchev–Trinajstić information content (AvgIpc) is 2.27. The minimum Gasteiger partial charge on any atom is -0.480 e. The van der Waals surface area contributed by atoms with Gasteiger partial charge in [-0.15, -0.1) is 0 Å². The summed E-state index contributed by atoms with van der Waals surface area (Å²) >= 11 is 11.6. The standard InChI is InChI=1S/C12H15Cl2NO4S/c1-12(2,3)10(11(16)17)15-20(18,19)8-6-4-5-7(13)9(8)14/h4-6,10,15H,1-3H3,(H,16,17)/t10-/m0/s1. The van der Waals surface area contributed by atoms with E-state index in [0.717, 1.165) is 0 Å². The Morgan fingerprint density at radius 3 is 2.30 bits per heavy atom. The largest absolute Gasteiger partial charge is 0.480 e. The first-order chi connectivity index (χ1) is 8.97. The van der Waals surface area contributed by atoms with Crippen molar-refractivity contribution in [1.82, 2.24) is 4.72 Å². The highest BCUT2D eigenvalue weighted by Crippen LogP contribution is 2.30. The summed E-state index contributed by atoms with van der Waals surface area (Å²) in [6, 6.07) is 2.84. The van der Waals surface area contributed by atoms with Gasteiger partial charge in [0.15, 0.2) is 0 Å². The number of rotatable bonds is 4. The van der Waals surface area contributed by atoms with Crippen molar-refractivity contribution < 1.29 is 18.3 Å². The lowest BCUT2D eigenvalue weighted by atomic mass is 9.88. The first-order valence-electron chi connectivity index (χ1n) is 5.66. The van der Waals surface area contributed by atoms with Crippen LogP contribution in [-0.4, -0.2) is 25.5 Å². The number of carboxylic acids is 1. The molecule has 0 aliphatic heterocycles. The zero-order valence-corrected chi connectivity index (χ0v) is 13.5. The molecular weight excluding hydrogens is 325 g/mol. The van der Waals surface area contributed by atoms with Crippen LogP contribution in [0.25, 0.3) is 0 Å². The topological polar surface area (TPSA) is 83.5 Å². The summed E-state index contributed by atoms with van der Waals surface area (Å²) < 4.78 is 26.6. The van der Waals surface area contributed by atoms with E-state index in [-0.39, 0.29) is 14.9 Å². The summed E-state index contributed by atoms with van der Waals surface area (Å²) in [7, 11) is -4.09. The first kappa shape index (κ1) is 17.2. The van der Waals surface area contributed by atoms with E-state index < -0.39 is 27.4 Å². The fraction of sp³-hybridized carbons (Fsp3) is 0.417. The third-order valence-electron chi connectivity index (χ3n) is 2.59. The molecule has 1 atom stereocenters. The highest BCUT2D eigenvalue weighted by atomic mass is 35.5. The van der Waals surface area contributed by atoms with Crippen molar-refractivity contribution in [2.24, 2.45) is 5.41 Å². The SMILES string of the molecule is CC(C)(C)[C@@H](NS(=O)(=O)c1cccc(Cl)c1Cl)C(=O)O. The molecule has 0 aromatic heterocycles. The maximum atomic E-state index is 12.2. The van der Waals surface area contributed by atoms with Gasteiger partial charge in [-0.1, -0.05) is 50.0 Å². The molecule has 0 unspecified atom stereocenters. The van der Waals surface area contributed by atoms with E-state index in [1.54, 1.807) is 20.8 Å². The number of sulfonamides is 1. The van der Waals surface area contributed by atoms with Crippen molar-refractivity contribution in [2.75, 3.05) is 0 Å². The number of benzene rings is 1. The van der Waals surface area contributed by atoms with Gasteiger partial charge in [0.05, 0.1) is 10.0 Å². The van der Waals surface area contributed by atoms with Gasteiger partial charge in [0.2, 0.25) is 10.0 Å². The van der Waals surface area contributed by atoms with Crippen LogP contribution < -0.4 is 4.72 Å². The molecule has 0 radical (unpaired) electrons. The minimum absolute atomic E-state index is 0.0807. The fourth-order valence-electron chi connectivity index (χ4n) is 1.51. The monoisotopic (exact) mass is 339 g/mol. The lowest BCUT2D eigenvalue weighted by Crippen LogP contribution is -2.49. The van der Waals surface area contributed by atoms with Crippen LogP contribution in [0, 0.1) is 5.41 Å². The Bertz CT molecular complexity index is 623. The molecule has 5 nitrogen and oxygen atoms in total. The van der Waals surface area contributed by atoms with Crippen molar-refractivity contribution in [3.63, 3.8) is 0 Å². The van der Waals surface area contributed by atoms with Crippen LogP contribution in [0.1, 0.15) is 20.8 Å². The van der Waals surface area contributed by atoms with Crippen molar-refractivity contribution >= 4 is 39.2 Å². The van der Waals surface area contributed by atoms with Crippen molar-refractivity contribution in [2.45, 2.75) is 31.7 Å². The van der Waals surface area contributed by atoms with E-state index >= 15 is 0 Å². The number of carboxylic acid groups (broad SMARTS) is 1. The second-order valence-corrected chi connectivity index (χ2v) is 7.78. The first-order valence-corrected chi connectivity index (χ1v) is 7.90. The molecule has 1 aromatic rings. The van der Waals surface area contributed by atoms with E-state index in [1.807, 2.05) is 0 Å². The molecule has 0 heterocycles. The molecule has 1 rings (SSSR count). The second-order valence-electron chi connectivity index (χ2n) is 5.31. The molecule has 0 amide bonds. The number of nitrogens with one attached hydrogen (secondary N) is 1. The highest BCUT2D eigenvalue weighted by molar-refractivity contribution is 7.89. The van der Waals surface area contributed by atoms with Crippen LogP contribution in [-0.2, 0) is 14.8 Å². The number of carbonyl (C=O) groups is 1.